The highest BCUT2D eigenvalue weighted by Gasteiger charge is 2.08. The molecule has 0 saturated heterocycles. The van der Waals surface area contributed by atoms with Gasteiger partial charge in [-0.2, -0.15) is 0 Å². The lowest BCUT2D eigenvalue weighted by Gasteiger charge is -1.94. The van der Waals surface area contributed by atoms with E-state index in [9.17, 15) is 9.59 Å². The molecule has 0 atom stereocenters. The lowest BCUT2D eigenvalue weighted by atomic mass is 11.0. The number of hydrogen-bond donors (Lipinski definition) is 0. The molecule has 0 aromatic carbocycles. The number of imide groups is 1. The van der Waals surface area contributed by atoms with E-state index >= 15 is 0 Å². The average molecular weight is 132 g/mol. The lowest BCUT2D eigenvalue weighted by molar-refractivity contribution is 0.148. The fourth-order valence-electron chi connectivity index (χ4n) is 0.166. The standard InChI is InChI=1S/C4H6NO4/c1-8-3(6)5-4(7)9-2/h1-2H3. The fourth-order valence-corrected chi connectivity index (χ4v) is 0.166. The van der Waals surface area contributed by atoms with Gasteiger partial charge in [0.15, 0.2) is 0 Å². The fraction of sp³-hybridized carbons (Fsp3) is 0.500. The molecular weight excluding hydrogens is 126 g/mol. The van der Waals surface area contributed by atoms with E-state index in [0.29, 0.717) is 0 Å². The summed E-state index contributed by atoms with van der Waals surface area (Å²) >= 11 is 0. The summed E-state index contributed by atoms with van der Waals surface area (Å²) in [4.78, 5) is 20.2. The van der Waals surface area contributed by atoms with Crippen LogP contribution in [-0.4, -0.2) is 26.4 Å². The zero-order valence-electron chi connectivity index (χ0n) is 5.08. The number of carbonyl (C=O) groups is 2. The number of amides is 2. The van der Waals surface area contributed by atoms with Gasteiger partial charge in [-0.1, -0.05) is 5.32 Å². The highest BCUT2D eigenvalue weighted by Crippen LogP contribution is 1.77. The Balaban J connectivity index is 3.47. The second-order valence-corrected chi connectivity index (χ2v) is 1.05. The minimum atomic E-state index is -0.957. The van der Waals surface area contributed by atoms with Crippen molar-refractivity contribution in [3.8, 4) is 0 Å². The predicted octanol–water partition coefficient (Wildman–Crippen LogP) is 0.124. The van der Waals surface area contributed by atoms with E-state index in [1.54, 1.807) is 0 Å². The van der Waals surface area contributed by atoms with E-state index in [0.717, 1.165) is 14.2 Å². The highest BCUT2D eigenvalue weighted by atomic mass is 16.6. The van der Waals surface area contributed by atoms with Crippen LogP contribution in [-0.2, 0) is 9.47 Å². The molecule has 0 aliphatic heterocycles. The van der Waals surface area contributed by atoms with Gasteiger partial charge in [-0.15, -0.1) is 0 Å². The van der Waals surface area contributed by atoms with Gasteiger partial charge in [0.05, 0.1) is 14.2 Å². The first-order valence-corrected chi connectivity index (χ1v) is 2.08. The van der Waals surface area contributed by atoms with Crippen LogP contribution in [0, 0.1) is 0 Å². The van der Waals surface area contributed by atoms with Crippen LogP contribution in [0.25, 0.3) is 0 Å². The van der Waals surface area contributed by atoms with E-state index in [2.05, 4.69) is 14.8 Å². The minimum absolute atomic E-state index is 0.957. The van der Waals surface area contributed by atoms with Gasteiger partial charge in [0.25, 0.3) is 0 Å². The maximum Gasteiger partial charge on any atom is 0.439 e. The summed E-state index contributed by atoms with van der Waals surface area (Å²) in [7, 11) is 2.24. The molecule has 0 saturated carbocycles. The molecule has 0 aromatic heterocycles. The number of ether oxygens (including phenoxy) is 2. The Hall–Kier alpha value is -1.26. The molecule has 5 nitrogen and oxygen atoms in total. The molecular formula is C4H6NO4. The van der Waals surface area contributed by atoms with Crippen LogP contribution in [0.4, 0.5) is 9.59 Å². The van der Waals surface area contributed by atoms with Gasteiger partial charge >= 0.3 is 12.2 Å². The summed E-state index contributed by atoms with van der Waals surface area (Å²) < 4.78 is 8.03. The van der Waals surface area contributed by atoms with Crippen molar-refractivity contribution in [1.29, 1.82) is 0 Å². The third-order valence-corrected chi connectivity index (χ3v) is 0.532. The molecule has 0 aliphatic carbocycles. The molecule has 0 rings (SSSR count). The Kier molecular flexibility index (Phi) is 3.19. The molecule has 1 radical (unpaired) electrons. The second kappa shape index (κ2) is 3.71. The molecule has 5 heteroatoms. The summed E-state index contributed by atoms with van der Waals surface area (Å²) in [6.45, 7) is 0. The van der Waals surface area contributed by atoms with Crippen molar-refractivity contribution in [2.45, 2.75) is 0 Å². The molecule has 0 spiro atoms. The average Bonchev–Trinajstić information content (AvgIpc) is 1.87. The zero-order valence-corrected chi connectivity index (χ0v) is 5.08. The molecule has 51 valence electrons. The first kappa shape index (κ1) is 7.74. The maximum atomic E-state index is 10.1. The maximum absolute atomic E-state index is 10.1. The Morgan fingerprint density at radius 3 is 1.67 bits per heavy atom. The van der Waals surface area contributed by atoms with Crippen molar-refractivity contribution in [2.24, 2.45) is 0 Å². The summed E-state index contributed by atoms with van der Waals surface area (Å²) in [5, 5.41) is 2.79. The summed E-state index contributed by atoms with van der Waals surface area (Å²) in [5.41, 5.74) is 0. The van der Waals surface area contributed by atoms with Gasteiger partial charge < -0.3 is 9.47 Å². The van der Waals surface area contributed by atoms with E-state index in [1.165, 1.54) is 0 Å². The van der Waals surface area contributed by atoms with Gasteiger partial charge in [-0.3, -0.25) is 0 Å². The Morgan fingerprint density at radius 1 is 1.11 bits per heavy atom. The quantitative estimate of drug-likeness (QED) is 0.469. The minimum Gasteiger partial charge on any atom is -0.451 e. The van der Waals surface area contributed by atoms with Crippen molar-refractivity contribution >= 4 is 12.2 Å². The summed E-state index contributed by atoms with van der Waals surface area (Å²) in [5.74, 6) is 0. The molecule has 0 heterocycles. The van der Waals surface area contributed by atoms with Crippen LogP contribution >= 0.6 is 0 Å². The van der Waals surface area contributed by atoms with Gasteiger partial charge in [0.2, 0.25) is 0 Å². The molecule has 9 heavy (non-hydrogen) atoms. The SMILES string of the molecule is COC(=O)[N]C(=O)OC. The number of carbonyl (C=O) groups excluding carboxylic acids is 2. The number of nitrogens with zero attached hydrogens (tertiary/aromatic N) is 1. The van der Waals surface area contributed by atoms with Crippen LogP contribution in [0.15, 0.2) is 0 Å². The molecule has 0 bridgehead atoms. The van der Waals surface area contributed by atoms with Gasteiger partial charge in [0.1, 0.15) is 0 Å². The lowest BCUT2D eigenvalue weighted by Crippen LogP contribution is -2.22. The normalized spacial score (nSPS) is 7.78. The van der Waals surface area contributed by atoms with Crippen LogP contribution in [0.3, 0.4) is 0 Å². The molecule has 0 N–H and O–H groups in total. The van der Waals surface area contributed by atoms with E-state index in [-0.39, 0.29) is 0 Å². The van der Waals surface area contributed by atoms with Crippen LogP contribution < -0.4 is 5.32 Å². The first-order chi connectivity index (χ1) is 4.20. The van der Waals surface area contributed by atoms with E-state index in [1.807, 2.05) is 0 Å². The largest absolute Gasteiger partial charge is 0.451 e. The third kappa shape index (κ3) is 3.33. The highest BCUT2D eigenvalue weighted by molar-refractivity contribution is 5.86. The van der Waals surface area contributed by atoms with Crippen molar-refractivity contribution in [2.75, 3.05) is 14.2 Å². The first-order valence-electron chi connectivity index (χ1n) is 2.08. The van der Waals surface area contributed by atoms with Crippen molar-refractivity contribution in [1.82, 2.24) is 5.32 Å². The van der Waals surface area contributed by atoms with Gasteiger partial charge in [0, 0.05) is 0 Å². The Morgan fingerprint density at radius 2 is 1.44 bits per heavy atom. The summed E-state index contributed by atoms with van der Waals surface area (Å²) in [6.07, 6.45) is -1.91. The van der Waals surface area contributed by atoms with Crippen molar-refractivity contribution in [3.05, 3.63) is 0 Å². The number of methoxy groups -OCH3 is 2. The van der Waals surface area contributed by atoms with Crippen molar-refractivity contribution < 1.29 is 19.1 Å². The topological polar surface area (TPSA) is 66.7 Å². The third-order valence-electron chi connectivity index (χ3n) is 0.532. The number of hydrogen-bond acceptors (Lipinski definition) is 4. The van der Waals surface area contributed by atoms with Crippen molar-refractivity contribution in [3.63, 3.8) is 0 Å². The van der Waals surface area contributed by atoms with Crippen LogP contribution in [0.1, 0.15) is 0 Å². The second-order valence-electron chi connectivity index (χ2n) is 1.05. The van der Waals surface area contributed by atoms with E-state index in [4.69, 9.17) is 0 Å². The molecule has 0 aliphatic rings. The monoisotopic (exact) mass is 132 g/mol. The smallest absolute Gasteiger partial charge is 0.439 e. The molecule has 2 amide bonds. The Bertz CT molecular complexity index is 108. The predicted molar refractivity (Wildman–Crippen MR) is 26.9 cm³/mol. The Labute approximate surface area is 51.9 Å². The van der Waals surface area contributed by atoms with E-state index < -0.39 is 12.2 Å². The van der Waals surface area contributed by atoms with Crippen LogP contribution in [0.5, 0.6) is 0 Å². The zero-order chi connectivity index (χ0) is 7.28. The van der Waals surface area contributed by atoms with Gasteiger partial charge in [-0.05, 0) is 0 Å². The molecule has 0 fully saturated rings. The van der Waals surface area contributed by atoms with Crippen LogP contribution in [0.2, 0.25) is 0 Å². The number of rotatable bonds is 0. The summed E-state index contributed by atoms with van der Waals surface area (Å²) in [6, 6.07) is 0. The molecule has 0 aromatic rings. The van der Waals surface area contributed by atoms with Gasteiger partial charge in [-0.25, -0.2) is 9.59 Å². The molecule has 0 unspecified atom stereocenters.